The summed E-state index contributed by atoms with van der Waals surface area (Å²) in [5.41, 5.74) is -2.74. The van der Waals surface area contributed by atoms with Crippen LogP contribution in [0.5, 0.6) is 0 Å². The van der Waals surface area contributed by atoms with Gasteiger partial charge in [-0.15, -0.1) is 0 Å². The van der Waals surface area contributed by atoms with E-state index < -0.39 is 48.3 Å². The van der Waals surface area contributed by atoms with Gasteiger partial charge in [0.25, 0.3) is 0 Å². The van der Waals surface area contributed by atoms with Crippen LogP contribution < -0.4 is 10.2 Å². The fourth-order valence-electron chi connectivity index (χ4n) is 0.850. The monoisotopic (exact) mass is 346 g/mol. The topological polar surface area (TPSA) is 212 Å². The summed E-state index contributed by atoms with van der Waals surface area (Å²) in [4.78, 5) is 49.3. The maximum atomic E-state index is 10.3. The molecule has 0 aromatic rings. The van der Waals surface area contributed by atoms with Gasteiger partial charge in [0, 0.05) is 0 Å². The Morgan fingerprint density at radius 1 is 0.818 bits per heavy atom. The van der Waals surface area contributed by atoms with Gasteiger partial charge in [-0.3, -0.25) is 9.59 Å². The van der Waals surface area contributed by atoms with E-state index in [4.69, 9.17) is 20.4 Å². The second-order valence-corrected chi connectivity index (χ2v) is 3.45. The second-order valence-electron chi connectivity index (χ2n) is 3.45. The van der Waals surface area contributed by atoms with Crippen LogP contribution in [0.3, 0.4) is 0 Å². The molecule has 0 radical (unpaired) electrons. The Labute approximate surface area is 152 Å². The summed E-state index contributed by atoms with van der Waals surface area (Å²) in [6.45, 7) is 0. The van der Waals surface area contributed by atoms with E-state index >= 15 is 0 Å². The van der Waals surface area contributed by atoms with Crippen molar-refractivity contribution in [3.05, 3.63) is 12.2 Å². The fourth-order valence-corrected chi connectivity index (χ4v) is 0.850. The van der Waals surface area contributed by atoms with Crippen molar-refractivity contribution in [1.29, 1.82) is 0 Å². The third-order valence-corrected chi connectivity index (χ3v) is 1.64. The van der Waals surface area contributed by atoms with Crippen LogP contribution in [-0.4, -0.2) is 93.6 Å². The first-order valence-electron chi connectivity index (χ1n) is 4.90. The van der Waals surface area contributed by atoms with Crippen molar-refractivity contribution in [2.24, 2.45) is 0 Å². The molecule has 4 N–H and O–H groups in total. The average molecular weight is 346 g/mol. The molecule has 0 aromatic carbocycles. The second kappa shape index (κ2) is 11.9. The van der Waals surface area contributed by atoms with E-state index in [-0.39, 0.29) is 37.7 Å². The standard InChI is InChI=1S/C6H8O7.C4H4O4.Ca/c7-3(8)1-6(13,5(11)12)2-4(9)10;5-3(6)1-2-4(7)8;/h13H,1-2H2,(H,7,8)(H,9,10)(H,11,12);1-2H,(H,5,6)(H,7,8);/q;;+2/p-2/b;2-1+;. The van der Waals surface area contributed by atoms with Crippen LogP contribution in [0.15, 0.2) is 12.2 Å². The predicted molar refractivity (Wildman–Crippen MR) is 62.0 cm³/mol. The van der Waals surface area contributed by atoms with E-state index in [1.807, 2.05) is 0 Å². The molecule has 0 aliphatic carbocycles. The Morgan fingerprint density at radius 3 is 1.23 bits per heavy atom. The minimum Gasteiger partial charge on any atom is -0.545 e. The van der Waals surface area contributed by atoms with E-state index in [0.29, 0.717) is 12.2 Å². The van der Waals surface area contributed by atoms with Crippen molar-refractivity contribution >= 4 is 67.6 Å². The zero-order valence-electron chi connectivity index (χ0n) is 10.9. The van der Waals surface area contributed by atoms with E-state index in [1.165, 1.54) is 0 Å². The van der Waals surface area contributed by atoms with Gasteiger partial charge in [0.2, 0.25) is 0 Å². The SMILES string of the molecule is O=C(O)CC(O)(CC(=O)O)C(=O)O.O=C([O-])/C=C/C(=O)[O-].[Ca+2]. The summed E-state index contributed by atoms with van der Waals surface area (Å²) in [7, 11) is 0. The first-order chi connectivity index (χ1) is 9.40. The van der Waals surface area contributed by atoms with E-state index in [2.05, 4.69) is 0 Å². The molecule has 0 atom stereocenters. The minimum absolute atomic E-state index is 0. The number of carbonyl (C=O) groups is 5. The molecule has 0 aliphatic rings. The van der Waals surface area contributed by atoms with Crippen molar-refractivity contribution < 1.29 is 54.6 Å². The molecule has 118 valence electrons. The Bertz CT molecular complexity index is 435. The number of carboxylic acid groups (broad SMARTS) is 5. The van der Waals surface area contributed by atoms with Crippen LogP contribution in [0.4, 0.5) is 0 Å². The molecule has 0 spiro atoms. The van der Waals surface area contributed by atoms with Crippen molar-refractivity contribution in [3.63, 3.8) is 0 Å². The van der Waals surface area contributed by atoms with Gasteiger partial charge in [-0.05, 0) is 12.2 Å². The average Bonchev–Trinajstić information content (AvgIpc) is 2.24. The van der Waals surface area contributed by atoms with Crippen LogP contribution in [0.25, 0.3) is 0 Å². The summed E-state index contributed by atoms with van der Waals surface area (Å²) >= 11 is 0. The molecule has 0 bridgehead atoms. The summed E-state index contributed by atoms with van der Waals surface area (Å²) < 4.78 is 0. The number of aliphatic carboxylic acids is 5. The molecule has 0 unspecified atom stereocenters. The molecule has 0 saturated carbocycles. The largest absolute Gasteiger partial charge is 2.00 e. The molecule has 0 amide bonds. The molecule has 0 aromatic heterocycles. The molecular formula is C10H10CaO11. The zero-order valence-corrected chi connectivity index (χ0v) is 13.1. The van der Waals surface area contributed by atoms with Crippen molar-refractivity contribution in [1.82, 2.24) is 0 Å². The third kappa shape index (κ3) is 14.7. The molecule has 12 heteroatoms. The fraction of sp³-hybridized carbons (Fsp3) is 0.300. The van der Waals surface area contributed by atoms with Gasteiger partial charge in [0.05, 0.1) is 24.8 Å². The van der Waals surface area contributed by atoms with Gasteiger partial charge in [0.1, 0.15) is 0 Å². The summed E-state index contributed by atoms with van der Waals surface area (Å²) in [6.07, 6.45) is -1.52. The number of hydrogen-bond donors (Lipinski definition) is 4. The summed E-state index contributed by atoms with van der Waals surface area (Å²) in [5, 5.41) is 52.6. The maximum Gasteiger partial charge on any atom is 2.00 e. The van der Waals surface area contributed by atoms with Crippen molar-refractivity contribution in [2.75, 3.05) is 0 Å². The van der Waals surface area contributed by atoms with Gasteiger partial charge in [0.15, 0.2) is 5.60 Å². The number of carboxylic acids is 5. The molecular weight excluding hydrogens is 336 g/mol. The molecule has 0 rings (SSSR count). The molecule has 11 nitrogen and oxygen atoms in total. The molecule has 0 heterocycles. The van der Waals surface area contributed by atoms with Gasteiger partial charge in [-0.1, -0.05) is 0 Å². The van der Waals surface area contributed by atoms with Gasteiger partial charge in [-0.2, -0.15) is 0 Å². The van der Waals surface area contributed by atoms with Crippen molar-refractivity contribution in [3.8, 4) is 0 Å². The molecule has 0 fully saturated rings. The Kier molecular flexibility index (Phi) is 13.7. The molecule has 0 aliphatic heterocycles. The van der Waals surface area contributed by atoms with Gasteiger partial charge < -0.3 is 40.2 Å². The first-order valence-corrected chi connectivity index (χ1v) is 4.90. The number of rotatable bonds is 7. The Balaban J connectivity index is -0.000000348. The molecule has 22 heavy (non-hydrogen) atoms. The minimum atomic E-state index is -2.74. The number of hydrogen-bond acceptors (Lipinski definition) is 8. The Hall–Kier alpha value is -1.69. The van der Waals surface area contributed by atoms with E-state index in [9.17, 15) is 34.2 Å². The Morgan fingerprint density at radius 2 is 1.09 bits per heavy atom. The van der Waals surface area contributed by atoms with Crippen LogP contribution >= 0.6 is 0 Å². The third-order valence-electron chi connectivity index (χ3n) is 1.64. The van der Waals surface area contributed by atoms with E-state index in [0.717, 1.165) is 0 Å². The first kappa shape index (κ1) is 25.3. The van der Waals surface area contributed by atoms with Crippen LogP contribution in [0.1, 0.15) is 12.8 Å². The van der Waals surface area contributed by atoms with E-state index in [1.54, 1.807) is 0 Å². The predicted octanol–water partition coefficient (Wildman–Crippen LogP) is -4.59. The summed E-state index contributed by atoms with van der Waals surface area (Å²) in [6, 6.07) is 0. The smallest absolute Gasteiger partial charge is 0.545 e. The van der Waals surface area contributed by atoms with Gasteiger partial charge in [-0.25, -0.2) is 4.79 Å². The quantitative estimate of drug-likeness (QED) is 0.254. The number of aliphatic hydroxyl groups is 1. The molecule has 0 saturated heterocycles. The van der Waals surface area contributed by atoms with Crippen molar-refractivity contribution in [2.45, 2.75) is 18.4 Å². The van der Waals surface area contributed by atoms with Crippen LogP contribution in [-0.2, 0) is 24.0 Å². The normalized spacial score (nSPS) is 9.86. The van der Waals surface area contributed by atoms with Gasteiger partial charge >= 0.3 is 55.6 Å². The zero-order chi connectivity index (χ0) is 17.2. The number of carbonyl (C=O) groups excluding carboxylic acids is 2. The van der Waals surface area contributed by atoms with Crippen LogP contribution in [0.2, 0.25) is 0 Å². The summed E-state index contributed by atoms with van der Waals surface area (Å²) in [5.74, 6) is -8.11. The van der Waals surface area contributed by atoms with Crippen LogP contribution in [0, 0.1) is 0 Å². The maximum absolute atomic E-state index is 10.3.